The minimum absolute atomic E-state index is 0.0531. The van der Waals surface area contributed by atoms with Gasteiger partial charge in [-0.15, -0.1) is 0 Å². The van der Waals surface area contributed by atoms with Gasteiger partial charge in [-0.05, 0) is 44.4 Å². The molecule has 3 heterocycles. The minimum Gasteiger partial charge on any atom is -0.363 e. The van der Waals surface area contributed by atoms with Crippen molar-refractivity contribution in [1.82, 2.24) is 19.8 Å². The Morgan fingerprint density at radius 3 is 2.59 bits per heavy atom. The molecule has 158 valence electrons. The fourth-order valence-corrected chi connectivity index (χ4v) is 5.24. The molecule has 0 aromatic carbocycles. The molecule has 0 aliphatic carbocycles. The van der Waals surface area contributed by atoms with Crippen LogP contribution in [0.15, 0.2) is 27.7 Å². The largest absolute Gasteiger partial charge is 0.363 e. The molecule has 1 saturated heterocycles. The van der Waals surface area contributed by atoms with Crippen LogP contribution in [-0.4, -0.2) is 56.0 Å². The van der Waals surface area contributed by atoms with Gasteiger partial charge in [0.05, 0.1) is 0 Å². The molecule has 1 aliphatic rings. The van der Waals surface area contributed by atoms with Gasteiger partial charge >= 0.3 is 0 Å². The summed E-state index contributed by atoms with van der Waals surface area (Å²) in [6.45, 7) is 4.22. The number of aromatic nitrogens is 2. The van der Waals surface area contributed by atoms with Gasteiger partial charge in [0.2, 0.25) is 15.9 Å². The number of hydrogen-bond donors (Lipinski definition) is 1. The normalized spacial score (nSPS) is 16.0. The fraction of sp³-hybridized carbons (Fsp3) is 0.526. The molecule has 29 heavy (non-hydrogen) atoms. The third-order valence-corrected chi connectivity index (χ3v) is 7.27. The van der Waals surface area contributed by atoms with Crippen LogP contribution < -0.4 is 10.2 Å². The lowest BCUT2D eigenvalue weighted by molar-refractivity contribution is -0.126. The minimum atomic E-state index is -3.66. The highest BCUT2D eigenvalue weighted by molar-refractivity contribution is 7.89. The van der Waals surface area contributed by atoms with Crippen molar-refractivity contribution >= 4 is 21.7 Å². The van der Waals surface area contributed by atoms with Gasteiger partial charge in [0.1, 0.15) is 16.4 Å². The highest BCUT2D eigenvalue weighted by Crippen LogP contribution is 2.27. The second kappa shape index (κ2) is 8.50. The number of hydrogen-bond acceptors (Lipinski definition) is 7. The quantitative estimate of drug-likeness (QED) is 0.752. The fourth-order valence-electron chi connectivity index (χ4n) is 3.48. The molecule has 1 fully saturated rings. The molecule has 0 spiro atoms. The van der Waals surface area contributed by atoms with Crippen molar-refractivity contribution in [3.05, 3.63) is 35.3 Å². The van der Waals surface area contributed by atoms with E-state index in [0.717, 1.165) is 11.4 Å². The van der Waals surface area contributed by atoms with E-state index in [1.165, 1.54) is 4.31 Å². The van der Waals surface area contributed by atoms with Crippen LogP contribution in [0.2, 0.25) is 0 Å². The maximum Gasteiger partial charge on any atom is 0.248 e. The van der Waals surface area contributed by atoms with Crippen LogP contribution in [-0.2, 0) is 21.4 Å². The third kappa shape index (κ3) is 4.59. The zero-order valence-corrected chi connectivity index (χ0v) is 18.0. The second-order valence-electron chi connectivity index (χ2n) is 7.47. The van der Waals surface area contributed by atoms with E-state index in [4.69, 9.17) is 4.52 Å². The Kier molecular flexibility index (Phi) is 6.23. The lowest BCUT2D eigenvalue weighted by Crippen LogP contribution is -2.43. The van der Waals surface area contributed by atoms with E-state index >= 15 is 0 Å². The van der Waals surface area contributed by atoms with Crippen molar-refractivity contribution in [3.8, 4) is 0 Å². The molecule has 0 bridgehead atoms. The van der Waals surface area contributed by atoms with Crippen LogP contribution in [0.25, 0.3) is 0 Å². The highest BCUT2D eigenvalue weighted by atomic mass is 32.2. The number of carbonyl (C=O) groups is 1. The smallest absolute Gasteiger partial charge is 0.248 e. The Balaban J connectivity index is 1.56. The topological polar surface area (TPSA) is 109 Å². The van der Waals surface area contributed by atoms with Gasteiger partial charge in [0, 0.05) is 45.8 Å². The van der Waals surface area contributed by atoms with Crippen LogP contribution >= 0.6 is 0 Å². The summed E-state index contributed by atoms with van der Waals surface area (Å²) >= 11 is 0. The molecule has 0 unspecified atom stereocenters. The van der Waals surface area contributed by atoms with E-state index in [-0.39, 0.29) is 22.5 Å². The van der Waals surface area contributed by atoms with E-state index in [2.05, 4.69) is 15.5 Å². The zero-order chi connectivity index (χ0) is 21.2. The molecular formula is C19H27N5O4S. The number of piperidine rings is 1. The molecule has 0 saturated carbocycles. The number of anilines is 1. The monoisotopic (exact) mass is 421 g/mol. The predicted molar refractivity (Wildman–Crippen MR) is 108 cm³/mol. The van der Waals surface area contributed by atoms with Crippen molar-refractivity contribution < 1.29 is 17.7 Å². The maximum absolute atomic E-state index is 12.9. The third-order valence-electron chi connectivity index (χ3n) is 5.13. The molecule has 1 aliphatic heterocycles. The number of nitrogens with zero attached hydrogens (tertiary/aromatic N) is 4. The van der Waals surface area contributed by atoms with E-state index in [0.29, 0.717) is 38.2 Å². The Hall–Kier alpha value is -2.46. The number of carbonyl (C=O) groups excluding carboxylic acids is 1. The van der Waals surface area contributed by atoms with E-state index in [1.807, 2.05) is 31.1 Å². The number of sulfonamides is 1. The number of amides is 1. The first kappa shape index (κ1) is 21.3. The molecule has 10 heteroatoms. The van der Waals surface area contributed by atoms with Gasteiger partial charge in [-0.2, -0.15) is 4.31 Å². The summed E-state index contributed by atoms with van der Waals surface area (Å²) < 4.78 is 32.2. The van der Waals surface area contributed by atoms with Crippen molar-refractivity contribution in [2.45, 2.75) is 38.1 Å². The SMILES string of the molecule is Cc1noc(C)c1S(=O)(=O)N1CCC(C(=O)NCc2ccnc(N(C)C)c2)CC1. The van der Waals surface area contributed by atoms with Crippen molar-refractivity contribution in [3.63, 3.8) is 0 Å². The molecule has 1 N–H and O–H groups in total. The van der Waals surface area contributed by atoms with E-state index in [9.17, 15) is 13.2 Å². The van der Waals surface area contributed by atoms with Crippen LogP contribution in [0.3, 0.4) is 0 Å². The van der Waals surface area contributed by atoms with Crippen molar-refractivity contribution in [1.29, 1.82) is 0 Å². The number of nitrogens with one attached hydrogen (secondary N) is 1. The number of pyridine rings is 1. The lowest BCUT2D eigenvalue weighted by Gasteiger charge is -2.30. The van der Waals surface area contributed by atoms with Gasteiger partial charge < -0.3 is 14.7 Å². The molecule has 0 atom stereocenters. The molecule has 3 rings (SSSR count). The van der Waals surface area contributed by atoms with Crippen LogP contribution in [0.4, 0.5) is 5.82 Å². The van der Waals surface area contributed by atoms with E-state index < -0.39 is 10.0 Å². The highest BCUT2D eigenvalue weighted by Gasteiger charge is 2.35. The second-order valence-corrected chi connectivity index (χ2v) is 9.34. The van der Waals surface area contributed by atoms with Gasteiger partial charge in [0.15, 0.2) is 5.76 Å². The molecule has 2 aromatic rings. The summed E-state index contributed by atoms with van der Waals surface area (Å²) in [5, 5.41) is 6.69. The van der Waals surface area contributed by atoms with Crippen LogP contribution in [0.5, 0.6) is 0 Å². The number of aryl methyl sites for hydroxylation is 2. The summed E-state index contributed by atoms with van der Waals surface area (Å²) in [4.78, 5) is 18.9. The molecule has 0 radical (unpaired) electrons. The van der Waals surface area contributed by atoms with Gasteiger partial charge in [-0.3, -0.25) is 4.79 Å². The standard InChI is InChI=1S/C19H27N5O4S/c1-13-18(14(2)28-22-13)29(26,27)24-9-6-16(7-10-24)19(25)21-12-15-5-8-20-17(11-15)23(3)4/h5,8,11,16H,6-7,9-10,12H2,1-4H3,(H,21,25). The molecule has 9 nitrogen and oxygen atoms in total. The summed E-state index contributed by atoms with van der Waals surface area (Å²) in [6, 6.07) is 3.80. The summed E-state index contributed by atoms with van der Waals surface area (Å²) in [7, 11) is 0.160. The molecular weight excluding hydrogens is 394 g/mol. The van der Waals surface area contributed by atoms with Crippen molar-refractivity contribution in [2.75, 3.05) is 32.1 Å². The average molecular weight is 422 g/mol. The Labute approximate surface area is 171 Å². The molecule has 1 amide bonds. The predicted octanol–water partition coefficient (Wildman–Crippen LogP) is 1.47. The summed E-state index contributed by atoms with van der Waals surface area (Å²) in [5.74, 6) is 0.857. The van der Waals surface area contributed by atoms with Gasteiger partial charge in [-0.1, -0.05) is 5.16 Å². The Morgan fingerprint density at radius 1 is 1.31 bits per heavy atom. The van der Waals surface area contributed by atoms with Gasteiger partial charge in [-0.25, -0.2) is 13.4 Å². The first-order valence-electron chi connectivity index (χ1n) is 9.53. The first-order valence-corrected chi connectivity index (χ1v) is 11.0. The van der Waals surface area contributed by atoms with Gasteiger partial charge in [0.25, 0.3) is 0 Å². The van der Waals surface area contributed by atoms with Crippen LogP contribution in [0.1, 0.15) is 29.9 Å². The zero-order valence-electron chi connectivity index (χ0n) is 17.2. The Morgan fingerprint density at radius 2 is 2.00 bits per heavy atom. The summed E-state index contributed by atoms with van der Waals surface area (Å²) in [5.41, 5.74) is 1.33. The average Bonchev–Trinajstić information content (AvgIpc) is 3.05. The lowest BCUT2D eigenvalue weighted by atomic mass is 9.97. The van der Waals surface area contributed by atoms with E-state index in [1.54, 1.807) is 20.0 Å². The van der Waals surface area contributed by atoms with Crippen molar-refractivity contribution in [2.24, 2.45) is 5.92 Å². The molecule has 2 aromatic heterocycles. The first-order chi connectivity index (χ1) is 13.7. The number of rotatable bonds is 6. The van der Waals surface area contributed by atoms with Crippen LogP contribution in [0, 0.1) is 19.8 Å². The Bertz CT molecular complexity index is 959. The maximum atomic E-state index is 12.9. The summed E-state index contributed by atoms with van der Waals surface area (Å²) in [6.07, 6.45) is 2.68.